The van der Waals surface area contributed by atoms with Crippen LogP contribution in [0.4, 0.5) is 34.1 Å². The molecule has 0 saturated heterocycles. The maximum Gasteiger partial charge on any atom is 0.0697 e. The molecule has 0 radical (unpaired) electrons. The fraction of sp³-hybridized carbons (Fsp3) is 0.171. The topological polar surface area (TPSA) is 56.6 Å². The molecule has 2 heterocycles. The van der Waals surface area contributed by atoms with Gasteiger partial charge in [0.1, 0.15) is 0 Å². The third-order valence-electron chi connectivity index (χ3n) is 9.66. The predicted octanol–water partition coefficient (Wildman–Crippen LogP) is 10.2. The van der Waals surface area contributed by atoms with Gasteiger partial charge in [-0.1, -0.05) is 74.5 Å². The van der Waals surface area contributed by atoms with Gasteiger partial charge in [-0.15, -0.1) is 0 Å². The van der Waals surface area contributed by atoms with Crippen molar-refractivity contribution in [3.63, 3.8) is 0 Å². The minimum absolute atomic E-state index is 0.0238. The lowest BCUT2D eigenvalue weighted by Gasteiger charge is -2.45. The van der Waals surface area contributed by atoms with Gasteiger partial charge in [0, 0.05) is 40.1 Å². The first kappa shape index (κ1) is 28.1. The van der Waals surface area contributed by atoms with E-state index in [1.54, 1.807) is 0 Å². The summed E-state index contributed by atoms with van der Waals surface area (Å²) in [5.41, 5.74) is 21.6. The van der Waals surface area contributed by atoms with Crippen molar-refractivity contribution in [2.24, 2.45) is 5.73 Å². The Kier molecular flexibility index (Phi) is 6.83. The van der Waals surface area contributed by atoms with Gasteiger partial charge in [-0.2, -0.15) is 0 Å². The summed E-state index contributed by atoms with van der Waals surface area (Å²) in [5.74, 6) is 0. The van der Waals surface area contributed by atoms with Crippen LogP contribution in [0.5, 0.6) is 0 Å². The average Bonchev–Trinajstić information content (AvgIpc) is 3.10. The Morgan fingerprint density at radius 1 is 0.783 bits per heavy atom. The number of nitrogens with one attached hydrogen (secondary N) is 2. The van der Waals surface area contributed by atoms with E-state index >= 15 is 0 Å². The van der Waals surface area contributed by atoms with Crippen molar-refractivity contribution < 1.29 is 0 Å². The summed E-state index contributed by atoms with van der Waals surface area (Å²) in [6.45, 7) is 4.69. The lowest BCUT2D eigenvalue weighted by molar-refractivity contribution is 0.603. The second-order valence-corrected chi connectivity index (χ2v) is 12.9. The quantitative estimate of drug-likeness (QED) is 0.213. The third-order valence-corrected chi connectivity index (χ3v) is 9.66. The predicted molar refractivity (Wildman–Crippen MR) is 193 cm³/mol. The lowest BCUT2D eigenvalue weighted by Crippen LogP contribution is -2.36. The minimum Gasteiger partial charge on any atom is -0.397 e. The number of nitrogens with zero attached hydrogens (tertiary/aromatic N) is 2. The van der Waals surface area contributed by atoms with E-state index in [0.29, 0.717) is 5.70 Å². The van der Waals surface area contributed by atoms with E-state index in [1.807, 2.05) is 6.20 Å². The zero-order valence-corrected chi connectivity index (χ0v) is 26.4. The fourth-order valence-electron chi connectivity index (χ4n) is 7.29. The molecule has 5 heteroatoms. The number of rotatable bonds is 5. The van der Waals surface area contributed by atoms with Crippen molar-refractivity contribution in [2.75, 3.05) is 20.4 Å². The molecule has 4 aliphatic rings. The van der Waals surface area contributed by atoms with Gasteiger partial charge in [-0.25, -0.2) is 0 Å². The van der Waals surface area contributed by atoms with Crippen molar-refractivity contribution in [2.45, 2.75) is 44.9 Å². The molecule has 4 aromatic carbocycles. The van der Waals surface area contributed by atoms with Crippen molar-refractivity contribution in [3.05, 3.63) is 161 Å². The van der Waals surface area contributed by atoms with Gasteiger partial charge in [0.25, 0.3) is 0 Å². The van der Waals surface area contributed by atoms with E-state index in [9.17, 15) is 0 Å². The third kappa shape index (κ3) is 4.71. The number of hydrogen-bond acceptors (Lipinski definition) is 5. The molecule has 0 bridgehead atoms. The van der Waals surface area contributed by atoms with Crippen molar-refractivity contribution in [1.82, 2.24) is 0 Å². The highest BCUT2D eigenvalue weighted by Crippen LogP contribution is 2.51. The maximum absolute atomic E-state index is 6.59. The first-order valence-corrected chi connectivity index (χ1v) is 16.3. The first-order valence-electron chi connectivity index (χ1n) is 16.3. The SMILES string of the molecule is CC1(C)C2=CCCC=C2N(c2ccc(N/C=C(\N)c3ccc(N4C5=C(CCC=C5)Nc5ccccc54)cc3)cc2)c2ccccc21. The van der Waals surface area contributed by atoms with Crippen molar-refractivity contribution in [3.8, 4) is 0 Å². The zero-order chi connectivity index (χ0) is 31.3. The number of benzene rings is 4. The molecular formula is C41H39N5. The molecule has 0 unspecified atom stereocenters. The molecule has 0 spiro atoms. The van der Waals surface area contributed by atoms with Crippen LogP contribution in [0.15, 0.2) is 150 Å². The Bertz CT molecular complexity index is 1970. The van der Waals surface area contributed by atoms with Crippen molar-refractivity contribution >= 4 is 39.8 Å². The van der Waals surface area contributed by atoms with Crippen LogP contribution in [0.2, 0.25) is 0 Å². The summed E-state index contributed by atoms with van der Waals surface area (Å²) in [6.07, 6.45) is 15.4. The zero-order valence-electron chi connectivity index (χ0n) is 26.4. The molecule has 228 valence electrons. The molecule has 0 atom stereocenters. The maximum atomic E-state index is 6.59. The molecule has 8 rings (SSSR count). The summed E-state index contributed by atoms with van der Waals surface area (Å²) >= 11 is 0. The monoisotopic (exact) mass is 601 g/mol. The molecule has 0 amide bonds. The van der Waals surface area contributed by atoms with E-state index in [4.69, 9.17) is 5.73 Å². The van der Waals surface area contributed by atoms with Crippen molar-refractivity contribution in [1.29, 1.82) is 0 Å². The highest BCUT2D eigenvalue weighted by molar-refractivity contribution is 5.86. The molecule has 2 aliphatic carbocycles. The molecular weight excluding hydrogens is 562 g/mol. The van der Waals surface area contributed by atoms with Crippen LogP contribution in [0.25, 0.3) is 5.70 Å². The van der Waals surface area contributed by atoms with Crippen LogP contribution in [0.1, 0.15) is 50.7 Å². The van der Waals surface area contributed by atoms with E-state index < -0.39 is 0 Å². The van der Waals surface area contributed by atoms with Crippen LogP contribution < -0.4 is 26.2 Å². The molecule has 0 saturated carbocycles. The first-order chi connectivity index (χ1) is 22.5. The molecule has 4 aromatic rings. The summed E-state index contributed by atoms with van der Waals surface area (Å²) in [4.78, 5) is 4.75. The normalized spacial score (nSPS) is 18.0. The minimum atomic E-state index is -0.0238. The molecule has 4 N–H and O–H groups in total. The number of fused-ring (bicyclic) bond motifs is 3. The van der Waals surface area contributed by atoms with E-state index in [-0.39, 0.29) is 5.41 Å². The largest absolute Gasteiger partial charge is 0.397 e. The van der Waals surface area contributed by atoms with Gasteiger partial charge in [0.2, 0.25) is 0 Å². The Labute approximate surface area is 271 Å². The Morgan fingerprint density at radius 3 is 2.30 bits per heavy atom. The summed E-state index contributed by atoms with van der Waals surface area (Å²) in [7, 11) is 0. The highest BCUT2D eigenvalue weighted by Gasteiger charge is 2.39. The second-order valence-electron chi connectivity index (χ2n) is 12.9. The van der Waals surface area contributed by atoms with Gasteiger partial charge in [0.15, 0.2) is 0 Å². The number of hydrogen-bond donors (Lipinski definition) is 3. The Balaban J connectivity index is 1.02. The molecule has 2 aliphatic heterocycles. The Hall–Kier alpha value is -5.42. The smallest absolute Gasteiger partial charge is 0.0697 e. The lowest BCUT2D eigenvalue weighted by atomic mass is 9.70. The molecule has 0 fully saturated rings. The fourth-order valence-corrected chi connectivity index (χ4v) is 7.29. The number of nitrogens with two attached hydrogens (primary N) is 1. The standard InChI is InChI=1S/C41H39N5/c1-41(2)32-11-3-7-15-37(32)45(38-16-8-4-12-33(38)41)31-25-21-29(22-26-31)43-27-34(42)28-19-23-30(24-20-28)46-39-17-9-5-13-35(39)44-36-14-6-10-18-40(36)46/h3,5,7,9-13,15-27,43-44H,4,6,8,14,42H2,1-2H3/b34-27-. The summed E-state index contributed by atoms with van der Waals surface area (Å²) in [5, 5.41) is 7.07. The summed E-state index contributed by atoms with van der Waals surface area (Å²) < 4.78 is 0. The second kappa shape index (κ2) is 11.2. The Morgan fingerprint density at radius 2 is 1.48 bits per heavy atom. The highest BCUT2D eigenvalue weighted by atomic mass is 15.2. The summed E-state index contributed by atoms with van der Waals surface area (Å²) in [6, 6.07) is 34.4. The number of allylic oxidation sites excluding steroid dienone is 6. The number of para-hydroxylation sites is 3. The van der Waals surface area contributed by atoms with Gasteiger partial charge >= 0.3 is 0 Å². The van der Waals surface area contributed by atoms with Gasteiger partial charge in [0.05, 0.1) is 28.5 Å². The van der Waals surface area contributed by atoms with Crippen LogP contribution in [-0.2, 0) is 5.41 Å². The average molecular weight is 602 g/mol. The van der Waals surface area contributed by atoms with Crippen LogP contribution in [0, 0.1) is 0 Å². The van der Waals surface area contributed by atoms with Crippen LogP contribution in [0.3, 0.4) is 0 Å². The van der Waals surface area contributed by atoms with E-state index in [2.05, 4.69) is 156 Å². The van der Waals surface area contributed by atoms with E-state index in [1.165, 1.54) is 33.9 Å². The molecule has 46 heavy (non-hydrogen) atoms. The van der Waals surface area contributed by atoms with Crippen LogP contribution >= 0.6 is 0 Å². The van der Waals surface area contributed by atoms with Gasteiger partial charge < -0.3 is 26.2 Å². The van der Waals surface area contributed by atoms with Crippen LogP contribution in [-0.4, -0.2) is 0 Å². The van der Waals surface area contributed by atoms with Gasteiger partial charge in [-0.05, 0) is 103 Å². The van der Waals surface area contributed by atoms with Gasteiger partial charge in [-0.3, -0.25) is 0 Å². The molecule has 0 aromatic heterocycles. The number of anilines is 6. The van der Waals surface area contributed by atoms with E-state index in [0.717, 1.165) is 59.7 Å². The molecule has 5 nitrogen and oxygen atoms in total.